The summed E-state index contributed by atoms with van der Waals surface area (Å²) in [4.78, 5) is 12.8. The first-order valence-corrected chi connectivity index (χ1v) is 8.08. The third-order valence-electron chi connectivity index (χ3n) is 4.90. The van der Waals surface area contributed by atoms with Gasteiger partial charge in [0.15, 0.2) is 0 Å². The van der Waals surface area contributed by atoms with Gasteiger partial charge in [0.1, 0.15) is 0 Å². The number of benzene rings is 1. The molecule has 1 aromatic carbocycles. The summed E-state index contributed by atoms with van der Waals surface area (Å²) in [6.07, 6.45) is 4.86. The number of carbonyl (C=O) groups excluding carboxylic acids is 1. The maximum atomic E-state index is 12.8. The van der Waals surface area contributed by atoms with Crippen LogP contribution in [-0.4, -0.2) is 25.7 Å². The van der Waals surface area contributed by atoms with Crippen molar-refractivity contribution >= 4 is 5.91 Å². The fourth-order valence-corrected chi connectivity index (χ4v) is 3.55. The number of amides is 1. The van der Waals surface area contributed by atoms with Gasteiger partial charge in [0.2, 0.25) is 5.91 Å². The van der Waals surface area contributed by atoms with Crippen LogP contribution < -0.4 is 5.32 Å². The Kier molecular flexibility index (Phi) is 4.29. The molecule has 1 heterocycles. The summed E-state index contributed by atoms with van der Waals surface area (Å²) in [5.74, 6) is 0.706. The van der Waals surface area contributed by atoms with Crippen LogP contribution in [0.25, 0.3) is 0 Å². The van der Waals surface area contributed by atoms with Crippen LogP contribution in [0.5, 0.6) is 0 Å². The highest BCUT2D eigenvalue weighted by atomic mass is 16.5. The van der Waals surface area contributed by atoms with Gasteiger partial charge in [0.25, 0.3) is 0 Å². The maximum absolute atomic E-state index is 12.8. The van der Waals surface area contributed by atoms with E-state index in [4.69, 9.17) is 4.74 Å². The monoisotopic (exact) mass is 287 g/mol. The van der Waals surface area contributed by atoms with Crippen molar-refractivity contribution in [2.24, 2.45) is 11.3 Å². The molecule has 2 aliphatic rings. The van der Waals surface area contributed by atoms with Crippen LogP contribution in [-0.2, 0) is 9.53 Å². The Morgan fingerprint density at radius 2 is 1.95 bits per heavy atom. The summed E-state index contributed by atoms with van der Waals surface area (Å²) >= 11 is 0. The summed E-state index contributed by atoms with van der Waals surface area (Å²) in [5.41, 5.74) is 1.30. The Hall–Kier alpha value is -1.35. The SMILES string of the molecule is CC1(CNC(=O)C(c2ccccc2)C2CCCC2)COC1. The lowest BCUT2D eigenvalue weighted by atomic mass is 9.83. The van der Waals surface area contributed by atoms with Crippen LogP contribution in [0, 0.1) is 11.3 Å². The normalized spacial score (nSPS) is 22.5. The lowest BCUT2D eigenvalue weighted by Gasteiger charge is -2.38. The largest absolute Gasteiger partial charge is 0.380 e. The van der Waals surface area contributed by atoms with Gasteiger partial charge < -0.3 is 10.1 Å². The zero-order valence-electron chi connectivity index (χ0n) is 12.8. The Balaban J connectivity index is 1.70. The molecule has 1 saturated heterocycles. The van der Waals surface area contributed by atoms with Crippen LogP contribution in [0.4, 0.5) is 0 Å². The van der Waals surface area contributed by atoms with Gasteiger partial charge in [-0.2, -0.15) is 0 Å². The molecule has 1 aliphatic heterocycles. The molecule has 1 aromatic rings. The Bertz CT molecular complexity index is 475. The number of carbonyl (C=O) groups is 1. The van der Waals surface area contributed by atoms with Gasteiger partial charge in [-0.05, 0) is 24.3 Å². The lowest BCUT2D eigenvalue weighted by molar-refractivity contribution is -0.129. The van der Waals surface area contributed by atoms with Gasteiger partial charge in [-0.15, -0.1) is 0 Å². The fourth-order valence-electron chi connectivity index (χ4n) is 3.55. The molecule has 3 heteroatoms. The van der Waals surface area contributed by atoms with Crippen molar-refractivity contribution in [2.75, 3.05) is 19.8 Å². The molecule has 1 unspecified atom stereocenters. The molecule has 114 valence electrons. The highest BCUT2D eigenvalue weighted by Gasteiger charge is 2.36. The quantitative estimate of drug-likeness (QED) is 0.903. The number of rotatable bonds is 5. The highest BCUT2D eigenvalue weighted by molar-refractivity contribution is 5.84. The van der Waals surface area contributed by atoms with Crippen LogP contribution in [0.3, 0.4) is 0 Å². The molecule has 1 aliphatic carbocycles. The smallest absolute Gasteiger partial charge is 0.227 e. The van der Waals surface area contributed by atoms with Crippen LogP contribution in [0.2, 0.25) is 0 Å². The van der Waals surface area contributed by atoms with Crippen molar-refractivity contribution in [3.63, 3.8) is 0 Å². The van der Waals surface area contributed by atoms with E-state index in [0.717, 1.165) is 25.3 Å². The molecule has 0 radical (unpaired) electrons. The van der Waals surface area contributed by atoms with Crippen LogP contribution in [0.15, 0.2) is 30.3 Å². The Labute approximate surface area is 127 Å². The average molecular weight is 287 g/mol. The first-order valence-electron chi connectivity index (χ1n) is 8.08. The van der Waals surface area contributed by atoms with Gasteiger partial charge >= 0.3 is 0 Å². The minimum absolute atomic E-state index is 0.0123. The third kappa shape index (κ3) is 3.29. The summed E-state index contributed by atoms with van der Waals surface area (Å²) in [7, 11) is 0. The van der Waals surface area contributed by atoms with E-state index >= 15 is 0 Å². The second kappa shape index (κ2) is 6.18. The standard InChI is InChI=1S/C18H25NO2/c1-18(12-21-13-18)11-19-17(20)16(15-9-5-6-10-15)14-7-3-2-4-8-14/h2-4,7-8,15-16H,5-6,9-13H2,1H3,(H,19,20). The fraction of sp³-hybridized carbons (Fsp3) is 0.611. The van der Waals surface area contributed by atoms with E-state index in [2.05, 4.69) is 24.4 Å². The molecule has 1 atom stereocenters. The number of nitrogens with one attached hydrogen (secondary N) is 1. The molecule has 1 amide bonds. The van der Waals surface area contributed by atoms with Gasteiger partial charge in [0.05, 0.1) is 19.1 Å². The first kappa shape index (κ1) is 14.6. The van der Waals surface area contributed by atoms with Crippen LogP contribution in [0.1, 0.15) is 44.1 Å². The van der Waals surface area contributed by atoms with E-state index in [-0.39, 0.29) is 17.2 Å². The molecule has 1 saturated carbocycles. The summed E-state index contributed by atoms with van der Waals surface area (Å²) in [6.45, 7) is 4.41. The molecular weight excluding hydrogens is 262 g/mol. The second-order valence-electron chi connectivity index (χ2n) is 6.95. The Morgan fingerprint density at radius 1 is 1.29 bits per heavy atom. The lowest BCUT2D eigenvalue weighted by Crippen LogP contribution is -2.49. The molecule has 0 aromatic heterocycles. The van der Waals surface area contributed by atoms with E-state index in [1.807, 2.05) is 18.2 Å². The van der Waals surface area contributed by atoms with E-state index in [9.17, 15) is 4.79 Å². The number of hydrogen-bond donors (Lipinski definition) is 1. The topological polar surface area (TPSA) is 38.3 Å². The minimum atomic E-state index is 0.0123. The molecule has 0 spiro atoms. The van der Waals surface area contributed by atoms with Gasteiger partial charge in [0, 0.05) is 12.0 Å². The zero-order valence-corrected chi connectivity index (χ0v) is 12.8. The average Bonchev–Trinajstić information content (AvgIpc) is 2.98. The predicted molar refractivity (Wildman–Crippen MR) is 83.1 cm³/mol. The molecular formula is C18H25NO2. The van der Waals surface area contributed by atoms with Gasteiger partial charge in [-0.25, -0.2) is 0 Å². The van der Waals surface area contributed by atoms with E-state index in [1.54, 1.807) is 0 Å². The summed E-state index contributed by atoms with van der Waals surface area (Å²) in [5, 5.41) is 3.18. The minimum Gasteiger partial charge on any atom is -0.380 e. The molecule has 0 bridgehead atoms. The second-order valence-corrected chi connectivity index (χ2v) is 6.95. The van der Waals surface area contributed by atoms with Crippen LogP contribution >= 0.6 is 0 Å². The van der Waals surface area contributed by atoms with E-state index in [1.165, 1.54) is 25.7 Å². The third-order valence-corrected chi connectivity index (χ3v) is 4.90. The predicted octanol–water partition coefficient (Wildman–Crippen LogP) is 3.11. The highest BCUT2D eigenvalue weighted by Crippen LogP contribution is 2.37. The molecule has 1 N–H and O–H groups in total. The maximum Gasteiger partial charge on any atom is 0.227 e. The van der Waals surface area contributed by atoms with Crippen molar-refractivity contribution in [3.8, 4) is 0 Å². The van der Waals surface area contributed by atoms with Gasteiger partial charge in [-0.3, -0.25) is 4.79 Å². The van der Waals surface area contributed by atoms with Crippen molar-refractivity contribution in [1.82, 2.24) is 5.32 Å². The summed E-state index contributed by atoms with van der Waals surface area (Å²) in [6, 6.07) is 10.3. The zero-order chi connectivity index (χ0) is 14.7. The van der Waals surface area contributed by atoms with Crippen molar-refractivity contribution in [1.29, 1.82) is 0 Å². The summed E-state index contributed by atoms with van der Waals surface area (Å²) < 4.78 is 5.26. The molecule has 3 nitrogen and oxygen atoms in total. The van der Waals surface area contributed by atoms with E-state index < -0.39 is 0 Å². The number of hydrogen-bond acceptors (Lipinski definition) is 2. The van der Waals surface area contributed by atoms with Crippen molar-refractivity contribution in [3.05, 3.63) is 35.9 Å². The Morgan fingerprint density at radius 3 is 2.52 bits per heavy atom. The molecule has 21 heavy (non-hydrogen) atoms. The molecule has 2 fully saturated rings. The van der Waals surface area contributed by atoms with Gasteiger partial charge in [-0.1, -0.05) is 50.1 Å². The van der Waals surface area contributed by atoms with Crippen molar-refractivity contribution < 1.29 is 9.53 Å². The number of ether oxygens (including phenoxy) is 1. The molecule has 3 rings (SSSR count). The first-order chi connectivity index (χ1) is 10.2. The van der Waals surface area contributed by atoms with E-state index in [0.29, 0.717) is 5.92 Å². The van der Waals surface area contributed by atoms with Crippen molar-refractivity contribution in [2.45, 2.75) is 38.5 Å².